The lowest BCUT2D eigenvalue weighted by molar-refractivity contribution is -0.152. The van der Waals surface area contributed by atoms with E-state index in [1.807, 2.05) is 0 Å². The Morgan fingerprint density at radius 1 is 1.92 bits per heavy atom. The summed E-state index contributed by atoms with van der Waals surface area (Å²) in [5, 5.41) is 8.87. The minimum Gasteiger partial charge on any atom is -0.479 e. The van der Waals surface area contributed by atoms with E-state index >= 15 is 0 Å². The van der Waals surface area contributed by atoms with E-state index in [-0.39, 0.29) is 12.2 Å². The number of rotatable bonds is 4. The van der Waals surface area contributed by atoms with Crippen LogP contribution in [0.25, 0.3) is 0 Å². The van der Waals surface area contributed by atoms with E-state index < -0.39 is 17.5 Å². The van der Waals surface area contributed by atoms with Gasteiger partial charge >= 0.3 is 5.97 Å². The van der Waals surface area contributed by atoms with Crippen molar-refractivity contribution in [3.63, 3.8) is 0 Å². The summed E-state index contributed by atoms with van der Waals surface area (Å²) in [7, 11) is 0. The number of carbonyl (C=O) groups excluding carboxylic acids is 1. The Morgan fingerprint density at radius 2 is 2.54 bits per heavy atom. The smallest absolute Gasteiger partial charge is 0.342 e. The van der Waals surface area contributed by atoms with Crippen molar-refractivity contribution < 1.29 is 19.4 Å². The van der Waals surface area contributed by atoms with Gasteiger partial charge in [-0.25, -0.2) is 9.59 Å². The van der Waals surface area contributed by atoms with Gasteiger partial charge in [-0.1, -0.05) is 6.08 Å². The first kappa shape index (κ1) is 9.71. The summed E-state index contributed by atoms with van der Waals surface area (Å²) in [6, 6.07) is 0. The number of hydrogen-bond donors (Lipinski definition) is 1. The first-order valence-corrected chi connectivity index (χ1v) is 3.90. The van der Waals surface area contributed by atoms with Crippen LogP contribution in [0.1, 0.15) is 6.92 Å². The Morgan fingerprint density at radius 3 is 2.77 bits per heavy atom. The SMILES string of the molecule is C=CC1C(=C=O)C1(OCC)C(=O)O. The van der Waals surface area contributed by atoms with Gasteiger partial charge < -0.3 is 9.84 Å². The number of carbonyl (C=O) groups is 1. The van der Waals surface area contributed by atoms with Gasteiger partial charge in [0.1, 0.15) is 5.94 Å². The highest BCUT2D eigenvalue weighted by molar-refractivity contribution is 5.95. The van der Waals surface area contributed by atoms with E-state index in [2.05, 4.69) is 6.58 Å². The largest absolute Gasteiger partial charge is 0.479 e. The molecule has 0 bridgehead atoms. The van der Waals surface area contributed by atoms with Crippen LogP contribution in [-0.4, -0.2) is 29.2 Å². The van der Waals surface area contributed by atoms with Gasteiger partial charge in [-0.2, -0.15) is 0 Å². The second-order valence-electron chi connectivity index (χ2n) is 2.70. The lowest BCUT2D eigenvalue weighted by Gasteiger charge is -2.08. The third-order valence-electron chi connectivity index (χ3n) is 2.10. The third kappa shape index (κ3) is 1.11. The fraction of sp³-hybridized carbons (Fsp3) is 0.444. The molecule has 2 atom stereocenters. The Labute approximate surface area is 75.5 Å². The molecular formula is C9H10O4. The molecule has 1 saturated carbocycles. The van der Waals surface area contributed by atoms with Crippen molar-refractivity contribution in [2.75, 3.05) is 6.61 Å². The molecule has 4 nitrogen and oxygen atoms in total. The first-order chi connectivity index (χ1) is 6.15. The highest BCUT2D eigenvalue weighted by atomic mass is 16.5. The van der Waals surface area contributed by atoms with Crippen LogP contribution < -0.4 is 0 Å². The molecular weight excluding hydrogens is 172 g/mol. The summed E-state index contributed by atoms with van der Waals surface area (Å²) >= 11 is 0. The Balaban J connectivity index is 3.03. The average Bonchev–Trinajstić information content (AvgIpc) is 2.74. The van der Waals surface area contributed by atoms with Gasteiger partial charge in [-0.05, 0) is 6.92 Å². The fourth-order valence-corrected chi connectivity index (χ4v) is 1.46. The Kier molecular flexibility index (Phi) is 2.36. The summed E-state index contributed by atoms with van der Waals surface area (Å²) in [5.74, 6) is -0.0939. The predicted octanol–water partition coefficient (Wildman–Crippen LogP) is 0.420. The van der Waals surface area contributed by atoms with E-state index in [1.54, 1.807) is 12.9 Å². The van der Waals surface area contributed by atoms with Crippen molar-refractivity contribution in [1.29, 1.82) is 0 Å². The molecule has 0 spiro atoms. The number of ether oxygens (including phenoxy) is 1. The van der Waals surface area contributed by atoms with Gasteiger partial charge in [0.2, 0.25) is 5.60 Å². The summed E-state index contributed by atoms with van der Waals surface area (Å²) in [6.45, 7) is 5.35. The Hall–Kier alpha value is -1.38. The van der Waals surface area contributed by atoms with Crippen LogP contribution in [0, 0.1) is 5.92 Å². The lowest BCUT2D eigenvalue weighted by Crippen LogP contribution is -2.28. The van der Waals surface area contributed by atoms with Crippen LogP contribution in [0.5, 0.6) is 0 Å². The number of carboxylic acids is 1. The topological polar surface area (TPSA) is 63.6 Å². The highest BCUT2D eigenvalue weighted by Gasteiger charge is 2.67. The van der Waals surface area contributed by atoms with Gasteiger partial charge in [0.25, 0.3) is 0 Å². The summed E-state index contributed by atoms with van der Waals surface area (Å²) < 4.78 is 5.04. The van der Waals surface area contributed by atoms with Gasteiger partial charge in [-0.3, -0.25) is 0 Å². The van der Waals surface area contributed by atoms with Crippen LogP contribution in [0.4, 0.5) is 0 Å². The van der Waals surface area contributed by atoms with E-state index in [9.17, 15) is 9.59 Å². The maximum absolute atomic E-state index is 10.8. The zero-order valence-electron chi connectivity index (χ0n) is 7.24. The Bertz CT molecular complexity index is 301. The van der Waals surface area contributed by atoms with Gasteiger partial charge in [0.05, 0.1) is 11.5 Å². The minimum absolute atomic E-state index is 0.122. The van der Waals surface area contributed by atoms with E-state index in [4.69, 9.17) is 9.84 Å². The molecule has 1 aliphatic rings. The summed E-state index contributed by atoms with van der Waals surface area (Å²) in [6.07, 6.45) is 1.39. The van der Waals surface area contributed by atoms with Crippen molar-refractivity contribution in [2.45, 2.75) is 12.5 Å². The van der Waals surface area contributed by atoms with Crippen molar-refractivity contribution in [3.05, 3.63) is 18.2 Å². The maximum atomic E-state index is 10.8. The zero-order valence-corrected chi connectivity index (χ0v) is 7.24. The van der Waals surface area contributed by atoms with Crippen molar-refractivity contribution >= 4 is 11.9 Å². The summed E-state index contributed by atoms with van der Waals surface area (Å²) in [4.78, 5) is 21.2. The monoisotopic (exact) mass is 182 g/mol. The van der Waals surface area contributed by atoms with Gasteiger partial charge in [0, 0.05) is 6.61 Å². The average molecular weight is 182 g/mol. The van der Waals surface area contributed by atoms with E-state index in [0.29, 0.717) is 0 Å². The molecule has 0 amide bonds. The highest BCUT2D eigenvalue weighted by Crippen LogP contribution is 2.52. The van der Waals surface area contributed by atoms with Crippen LogP contribution in [-0.2, 0) is 14.3 Å². The molecule has 0 saturated heterocycles. The molecule has 0 aromatic rings. The van der Waals surface area contributed by atoms with Gasteiger partial charge in [0.15, 0.2) is 0 Å². The molecule has 1 fully saturated rings. The van der Waals surface area contributed by atoms with Crippen molar-refractivity contribution in [3.8, 4) is 0 Å². The minimum atomic E-state index is -1.47. The third-order valence-corrected chi connectivity index (χ3v) is 2.10. The molecule has 2 unspecified atom stereocenters. The van der Waals surface area contributed by atoms with Crippen molar-refractivity contribution in [2.24, 2.45) is 5.92 Å². The normalized spacial score (nSPS) is 30.8. The molecule has 1 N–H and O–H groups in total. The number of aliphatic carboxylic acids is 1. The zero-order chi connectivity index (χ0) is 10.1. The lowest BCUT2D eigenvalue weighted by atomic mass is 10.2. The molecule has 1 aliphatic carbocycles. The van der Waals surface area contributed by atoms with Gasteiger partial charge in [-0.15, -0.1) is 6.58 Å². The molecule has 0 aromatic heterocycles. The summed E-state index contributed by atoms with van der Waals surface area (Å²) in [5.41, 5.74) is -1.35. The molecule has 70 valence electrons. The second kappa shape index (κ2) is 3.17. The van der Waals surface area contributed by atoms with Crippen LogP contribution in [0.15, 0.2) is 18.2 Å². The van der Waals surface area contributed by atoms with Crippen molar-refractivity contribution in [1.82, 2.24) is 0 Å². The number of carboxylic acid groups (broad SMARTS) is 1. The maximum Gasteiger partial charge on any atom is 0.342 e. The predicted molar refractivity (Wildman–Crippen MR) is 44.9 cm³/mol. The standard InChI is InChI=1S/C9H10O4/c1-3-6-7(5-10)9(6,8(11)12)13-4-2/h3,6H,1,4H2,2H3,(H,11,12). The molecule has 0 aromatic carbocycles. The van der Waals surface area contributed by atoms with Crippen LogP contribution >= 0.6 is 0 Å². The molecule has 0 aliphatic heterocycles. The number of hydrogen-bond acceptors (Lipinski definition) is 3. The molecule has 4 heteroatoms. The van der Waals surface area contributed by atoms with E-state index in [0.717, 1.165) is 0 Å². The molecule has 13 heavy (non-hydrogen) atoms. The first-order valence-electron chi connectivity index (χ1n) is 3.90. The van der Waals surface area contributed by atoms with Crippen LogP contribution in [0.2, 0.25) is 0 Å². The quantitative estimate of drug-likeness (QED) is 0.505. The molecule has 1 rings (SSSR count). The van der Waals surface area contributed by atoms with E-state index in [1.165, 1.54) is 6.08 Å². The fourth-order valence-electron chi connectivity index (χ4n) is 1.46. The molecule has 0 radical (unpaired) electrons. The van der Waals surface area contributed by atoms with Crippen LogP contribution in [0.3, 0.4) is 0 Å². The molecule has 0 heterocycles. The second-order valence-corrected chi connectivity index (χ2v) is 2.70.